The van der Waals surface area contributed by atoms with Gasteiger partial charge in [0.15, 0.2) is 0 Å². The zero-order valence-corrected chi connectivity index (χ0v) is 9.78. The molecule has 17 heavy (non-hydrogen) atoms. The molecule has 0 aliphatic heterocycles. The van der Waals surface area contributed by atoms with E-state index in [2.05, 4.69) is 0 Å². The van der Waals surface area contributed by atoms with Gasteiger partial charge in [-0.05, 0) is 43.0 Å². The van der Waals surface area contributed by atoms with E-state index in [0.717, 1.165) is 5.56 Å². The summed E-state index contributed by atoms with van der Waals surface area (Å²) in [5.41, 5.74) is 5.78. The fourth-order valence-corrected chi connectivity index (χ4v) is 2.58. The molecule has 2 rings (SSSR count). The first-order valence-electron chi connectivity index (χ1n) is 5.67. The molecule has 0 amide bonds. The van der Waals surface area contributed by atoms with Crippen molar-refractivity contribution in [2.45, 2.75) is 18.3 Å². The molecule has 3 nitrogen and oxygen atoms in total. The molecular weight excluding hydrogens is 221 g/mol. The number of methoxy groups -OCH3 is 1. The largest absolute Gasteiger partial charge is 0.468 e. The molecule has 0 bridgehead atoms. The van der Waals surface area contributed by atoms with Gasteiger partial charge in [0.2, 0.25) is 0 Å². The van der Waals surface area contributed by atoms with Crippen LogP contribution in [0.25, 0.3) is 0 Å². The first-order chi connectivity index (χ1) is 8.12. The van der Waals surface area contributed by atoms with E-state index in [1.165, 1.54) is 19.2 Å². The predicted octanol–water partition coefficient (Wildman–Crippen LogP) is 1.61. The highest BCUT2D eigenvalue weighted by Crippen LogP contribution is 2.48. The van der Waals surface area contributed by atoms with Gasteiger partial charge in [0, 0.05) is 0 Å². The van der Waals surface area contributed by atoms with Crippen molar-refractivity contribution in [2.75, 3.05) is 13.7 Å². The van der Waals surface area contributed by atoms with Crippen LogP contribution in [0.5, 0.6) is 0 Å². The van der Waals surface area contributed by atoms with E-state index < -0.39 is 5.41 Å². The van der Waals surface area contributed by atoms with Gasteiger partial charge in [0.1, 0.15) is 5.82 Å². The maximum Gasteiger partial charge on any atom is 0.316 e. The maximum atomic E-state index is 12.9. The molecule has 1 saturated carbocycles. The Hall–Kier alpha value is -1.42. The van der Waals surface area contributed by atoms with E-state index in [4.69, 9.17) is 10.5 Å². The Bertz CT molecular complexity index is 410. The standard InChI is InChI=1S/C13H16FNO2/c1-17-12(16)13(6-9(7-13)8-15)10-2-4-11(14)5-3-10/h2-5,9H,6-8,15H2,1H3. The summed E-state index contributed by atoms with van der Waals surface area (Å²) in [6, 6.07) is 6.05. The molecular formula is C13H16FNO2. The average molecular weight is 237 g/mol. The van der Waals surface area contributed by atoms with E-state index in [-0.39, 0.29) is 11.8 Å². The molecule has 0 atom stereocenters. The van der Waals surface area contributed by atoms with Crippen LogP contribution in [-0.4, -0.2) is 19.6 Å². The van der Waals surface area contributed by atoms with Gasteiger partial charge in [0.25, 0.3) is 0 Å². The quantitative estimate of drug-likeness (QED) is 0.812. The van der Waals surface area contributed by atoms with E-state index in [0.29, 0.717) is 25.3 Å². The SMILES string of the molecule is COC(=O)C1(c2ccc(F)cc2)CC(CN)C1. The smallest absolute Gasteiger partial charge is 0.316 e. The molecule has 1 fully saturated rings. The van der Waals surface area contributed by atoms with Crippen molar-refractivity contribution in [3.63, 3.8) is 0 Å². The molecule has 4 heteroatoms. The molecule has 0 aromatic heterocycles. The van der Waals surface area contributed by atoms with Crippen LogP contribution in [0.3, 0.4) is 0 Å². The molecule has 2 N–H and O–H groups in total. The lowest BCUT2D eigenvalue weighted by atomic mass is 9.58. The van der Waals surface area contributed by atoms with Crippen molar-refractivity contribution in [2.24, 2.45) is 11.7 Å². The van der Waals surface area contributed by atoms with Crippen LogP contribution in [0.1, 0.15) is 18.4 Å². The third-order valence-corrected chi connectivity index (χ3v) is 3.58. The highest BCUT2D eigenvalue weighted by Gasteiger charge is 2.51. The second kappa shape index (κ2) is 4.45. The summed E-state index contributed by atoms with van der Waals surface area (Å²) in [5, 5.41) is 0. The monoisotopic (exact) mass is 237 g/mol. The van der Waals surface area contributed by atoms with E-state index in [1.807, 2.05) is 0 Å². The maximum absolute atomic E-state index is 12.9. The minimum Gasteiger partial charge on any atom is -0.468 e. The topological polar surface area (TPSA) is 52.3 Å². The summed E-state index contributed by atoms with van der Waals surface area (Å²) in [4.78, 5) is 11.9. The van der Waals surface area contributed by atoms with Crippen LogP contribution in [0.2, 0.25) is 0 Å². The summed E-state index contributed by atoms with van der Waals surface area (Å²) < 4.78 is 17.7. The Morgan fingerprint density at radius 3 is 2.53 bits per heavy atom. The summed E-state index contributed by atoms with van der Waals surface area (Å²) in [5.74, 6) is -0.212. The number of halogens is 1. The van der Waals surface area contributed by atoms with E-state index in [9.17, 15) is 9.18 Å². The van der Waals surface area contributed by atoms with Crippen molar-refractivity contribution in [3.05, 3.63) is 35.6 Å². The normalized spacial score (nSPS) is 27.4. The molecule has 1 aromatic rings. The number of esters is 1. The second-order valence-electron chi connectivity index (χ2n) is 4.59. The van der Waals surface area contributed by atoms with Crippen LogP contribution in [-0.2, 0) is 14.9 Å². The van der Waals surface area contributed by atoms with Crippen molar-refractivity contribution in [1.82, 2.24) is 0 Å². The zero-order chi connectivity index (χ0) is 12.5. The van der Waals surface area contributed by atoms with Crippen LogP contribution >= 0.6 is 0 Å². The van der Waals surface area contributed by atoms with Crippen LogP contribution in [0.4, 0.5) is 4.39 Å². The zero-order valence-electron chi connectivity index (χ0n) is 9.78. The van der Waals surface area contributed by atoms with Gasteiger partial charge in [-0.3, -0.25) is 4.79 Å². The lowest BCUT2D eigenvalue weighted by Crippen LogP contribution is -2.50. The van der Waals surface area contributed by atoms with Crippen LogP contribution < -0.4 is 5.73 Å². The van der Waals surface area contributed by atoms with Gasteiger partial charge in [-0.1, -0.05) is 12.1 Å². The van der Waals surface area contributed by atoms with E-state index >= 15 is 0 Å². The van der Waals surface area contributed by atoms with Crippen molar-refractivity contribution in [1.29, 1.82) is 0 Å². The third-order valence-electron chi connectivity index (χ3n) is 3.58. The highest BCUT2D eigenvalue weighted by atomic mass is 19.1. The Morgan fingerprint density at radius 2 is 2.06 bits per heavy atom. The minimum absolute atomic E-state index is 0.256. The number of hydrogen-bond acceptors (Lipinski definition) is 3. The first-order valence-corrected chi connectivity index (χ1v) is 5.67. The molecule has 0 unspecified atom stereocenters. The van der Waals surface area contributed by atoms with Gasteiger partial charge < -0.3 is 10.5 Å². The van der Waals surface area contributed by atoms with Gasteiger partial charge >= 0.3 is 5.97 Å². The lowest BCUT2D eigenvalue weighted by Gasteiger charge is -2.45. The second-order valence-corrected chi connectivity index (χ2v) is 4.59. The lowest BCUT2D eigenvalue weighted by molar-refractivity contribution is -0.153. The number of benzene rings is 1. The van der Waals surface area contributed by atoms with Crippen molar-refractivity contribution in [3.8, 4) is 0 Å². The van der Waals surface area contributed by atoms with Gasteiger partial charge in [0.05, 0.1) is 12.5 Å². The Labute approximate surface area is 99.8 Å². The molecule has 1 aromatic carbocycles. The minimum atomic E-state index is -0.619. The Kier molecular flexibility index (Phi) is 3.15. The predicted molar refractivity (Wildman–Crippen MR) is 61.9 cm³/mol. The summed E-state index contributed by atoms with van der Waals surface area (Å²) in [6.45, 7) is 0.569. The fourth-order valence-electron chi connectivity index (χ4n) is 2.58. The van der Waals surface area contributed by atoms with Gasteiger partial charge in [-0.25, -0.2) is 4.39 Å². The molecule has 0 radical (unpaired) electrons. The summed E-state index contributed by atoms with van der Waals surface area (Å²) >= 11 is 0. The molecule has 1 aliphatic rings. The van der Waals surface area contributed by atoms with Gasteiger partial charge in [-0.2, -0.15) is 0 Å². The molecule has 1 aliphatic carbocycles. The van der Waals surface area contributed by atoms with Gasteiger partial charge in [-0.15, -0.1) is 0 Å². The van der Waals surface area contributed by atoms with Crippen LogP contribution in [0, 0.1) is 11.7 Å². The van der Waals surface area contributed by atoms with Crippen molar-refractivity contribution >= 4 is 5.97 Å². The number of rotatable bonds is 3. The number of nitrogens with two attached hydrogens (primary N) is 1. The van der Waals surface area contributed by atoms with Crippen molar-refractivity contribution < 1.29 is 13.9 Å². The molecule has 0 heterocycles. The first kappa shape index (κ1) is 12.0. The molecule has 92 valence electrons. The number of carbonyl (C=O) groups excluding carboxylic acids is 1. The average Bonchev–Trinajstić information content (AvgIpc) is 2.30. The summed E-state index contributed by atoms with van der Waals surface area (Å²) in [7, 11) is 1.38. The Morgan fingerprint density at radius 1 is 1.47 bits per heavy atom. The highest BCUT2D eigenvalue weighted by molar-refractivity contribution is 5.84. The van der Waals surface area contributed by atoms with E-state index in [1.54, 1.807) is 12.1 Å². The summed E-state index contributed by atoms with van der Waals surface area (Å²) in [6.07, 6.45) is 1.36. The Balaban J connectivity index is 2.29. The third kappa shape index (κ3) is 1.93. The number of hydrogen-bond donors (Lipinski definition) is 1. The molecule has 0 spiro atoms. The number of carbonyl (C=O) groups is 1. The number of ether oxygens (including phenoxy) is 1. The molecule has 0 saturated heterocycles. The van der Waals surface area contributed by atoms with Crippen LogP contribution in [0.15, 0.2) is 24.3 Å². The fraction of sp³-hybridized carbons (Fsp3) is 0.462.